The molecule has 0 aliphatic carbocycles. The van der Waals surface area contributed by atoms with Gasteiger partial charge in [0.1, 0.15) is 0 Å². The van der Waals surface area contributed by atoms with E-state index in [1.165, 1.54) is 24.3 Å². The largest absolute Gasteiger partial charge is 1.00 e. The van der Waals surface area contributed by atoms with Crippen LogP contribution < -0.4 is 51.9 Å². The van der Waals surface area contributed by atoms with Gasteiger partial charge in [-0.1, -0.05) is 12.1 Å². The number of aromatic nitrogens is 2. The second-order valence-corrected chi connectivity index (χ2v) is 3.74. The number of nitrogens with two attached hydrogens (primary N) is 3. The summed E-state index contributed by atoms with van der Waals surface area (Å²) in [7, 11) is 0. The van der Waals surface area contributed by atoms with Gasteiger partial charge in [-0.2, -0.15) is 15.1 Å². The summed E-state index contributed by atoms with van der Waals surface area (Å²) in [6.45, 7) is 0. The molecule has 1 aromatic heterocycles. The van der Waals surface area contributed by atoms with Gasteiger partial charge >= 0.3 is 29.6 Å². The number of anilines is 3. The smallest absolute Gasteiger partial charge is 0.545 e. The van der Waals surface area contributed by atoms with Crippen molar-refractivity contribution in [2.24, 2.45) is 10.2 Å². The first-order valence-electron chi connectivity index (χ1n) is 5.39. The standard InChI is InChI=1S/C11H11N7O2.Na/c12-8-7(9(13)16-11(14)15-8)18-17-6-3-1-5(2-4-6)10(19)20;/h1-4H,(H,19,20)(H6,12,13,14,15,16);/q;+1/p-1. The zero-order valence-corrected chi connectivity index (χ0v) is 13.1. The number of hydrogen-bond donors (Lipinski definition) is 3. The number of nitrogens with zero attached hydrogens (tertiary/aromatic N) is 4. The summed E-state index contributed by atoms with van der Waals surface area (Å²) in [5, 5.41) is 18.3. The van der Waals surface area contributed by atoms with Crippen molar-refractivity contribution in [1.29, 1.82) is 0 Å². The molecule has 0 bridgehead atoms. The molecule has 0 atom stereocenters. The average molecular weight is 295 g/mol. The molecule has 102 valence electrons. The molecule has 0 spiro atoms. The van der Waals surface area contributed by atoms with Crippen LogP contribution >= 0.6 is 0 Å². The summed E-state index contributed by atoms with van der Waals surface area (Å²) in [4.78, 5) is 18.0. The fraction of sp³-hybridized carbons (Fsp3) is 0. The Morgan fingerprint density at radius 1 is 1.00 bits per heavy atom. The van der Waals surface area contributed by atoms with E-state index in [-0.39, 0.29) is 58.4 Å². The maximum absolute atomic E-state index is 10.6. The third-order valence-corrected chi connectivity index (χ3v) is 2.32. The Bertz CT molecular complexity index is 664. The van der Waals surface area contributed by atoms with Crippen LogP contribution in [0.2, 0.25) is 0 Å². The second kappa shape index (κ2) is 6.97. The molecule has 2 aromatic rings. The maximum atomic E-state index is 10.6. The van der Waals surface area contributed by atoms with Crippen molar-refractivity contribution in [2.75, 3.05) is 17.2 Å². The van der Waals surface area contributed by atoms with Crippen molar-refractivity contribution < 1.29 is 39.5 Å². The zero-order chi connectivity index (χ0) is 14.7. The van der Waals surface area contributed by atoms with E-state index in [2.05, 4.69) is 20.2 Å². The van der Waals surface area contributed by atoms with Crippen LogP contribution in [0, 0.1) is 0 Å². The normalized spacial score (nSPS) is 10.3. The molecule has 6 N–H and O–H groups in total. The maximum Gasteiger partial charge on any atom is 1.00 e. The van der Waals surface area contributed by atoms with E-state index in [1.54, 1.807) is 0 Å². The fourth-order valence-electron chi connectivity index (χ4n) is 1.38. The molecule has 21 heavy (non-hydrogen) atoms. The average Bonchev–Trinajstić information content (AvgIpc) is 2.38. The van der Waals surface area contributed by atoms with Crippen LogP contribution in [0.5, 0.6) is 0 Å². The molecule has 9 nitrogen and oxygen atoms in total. The van der Waals surface area contributed by atoms with Crippen molar-refractivity contribution in [3.8, 4) is 0 Å². The molecule has 0 saturated heterocycles. The van der Waals surface area contributed by atoms with Crippen LogP contribution in [0.4, 0.5) is 29.0 Å². The molecule has 1 heterocycles. The van der Waals surface area contributed by atoms with Gasteiger partial charge in [0.05, 0.1) is 11.7 Å². The zero-order valence-electron chi connectivity index (χ0n) is 11.1. The van der Waals surface area contributed by atoms with Crippen LogP contribution in [-0.2, 0) is 0 Å². The summed E-state index contributed by atoms with van der Waals surface area (Å²) < 4.78 is 0. The van der Waals surface area contributed by atoms with Crippen molar-refractivity contribution in [2.45, 2.75) is 0 Å². The predicted octanol–water partition coefficient (Wildman–Crippen LogP) is -2.99. The number of benzene rings is 1. The van der Waals surface area contributed by atoms with Crippen LogP contribution in [-0.4, -0.2) is 15.9 Å². The SMILES string of the molecule is Nc1nc(N)c(N=Nc2ccc(C(=O)[O-])cc2)c(N)n1.[Na+]. The van der Waals surface area contributed by atoms with Crippen molar-refractivity contribution >= 4 is 34.9 Å². The number of carboxylic acids is 1. The molecule has 0 saturated carbocycles. The number of rotatable bonds is 3. The summed E-state index contributed by atoms with van der Waals surface area (Å²) >= 11 is 0. The van der Waals surface area contributed by atoms with Gasteiger partial charge < -0.3 is 27.1 Å². The number of carbonyl (C=O) groups excluding carboxylic acids is 1. The molecule has 0 fully saturated rings. The van der Waals surface area contributed by atoms with E-state index in [1.807, 2.05) is 0 Å². The van der Waals surface area contributed by atoms with Crippen LogP contribution in [0.1, 0.15) is 10.4 Å². The van der Waals surface area contributed by atoms with E-state index in [4.69, 9.17) is 17.2 Å². The minimum absolute atomic E-state index is 0. The number of azo groups is 1. The minimum Gasteiger partial charge on any atom is -0.545 e. The second-order valence-electron chi connectivity index (χ2n) is 3.74. The Hall–Kier alpha value is -2.23. The van der Waals surface area contributed by atoms with Gasteiger partial charge in [0, 0.05) is 0 Å². The fourth-order valence-corrected chi connectivity index (χ4v) is 1.38. The quantitative estimate of drug-likeness (QED) is 0.400. The van der Waals surface area contributed by atoms with E-state index >= 15 is 0 Å². The summed E-state index contributed by atoms with van der Waals surface area (Å²) in [5.41, 5.74) is 17.1. The number of nitrogen functional groups attached to an aromatic ring is 3. The van der Waals surface area contributed by atoms with E-state index in [0.29, 0.717) is 5.69 Å². The summed E-state index contributed by atoms with van der Waals surface area (Å²) in [6.07, 6.45) is 0. The molecular formula is C11H10N7NaO2. The van der Waals surface area contributed by atoms with Gasteiger partial charge in [-0.05, 0) is 17.7 Å². The summed E-state index contributed by atoms with van der Waals surface area (Å²) in [5.74, 6) is -1.32. The molecule has 0 aliphatic heterocycles. The molecule has 0 unspecified atom stereocenters. The first-order chi connectivity index (χ1) is 9.47. The topological polar surface area (TPSA) is 169 Å². The van der Waals surface area contributed by atoms with E-state index < -0.39 is 5.97 Å². The van der Waals surface area contributed by atoms with Crippen LogP contribution in [0.25, 0.3) is 0 Å². The molecule has 0 aliphatic rings. The van der Waals surface area contributed by atoms with Gasteiger partial charge in [-0.15, -0.1) is 5.11 Å². The Morgan fingerprint density at radius 2 is 1.52 bits per heavy atom. The molecular weight excluding hydrogens is 285 g/mol. The Labute approximate surface area is 141 Å². The predicted molar refractivity (Wildman–Crippen MR) is 70.2 cm³/mol. The Morgan fingerprint density at radius 3 is 2.00 bits per heavy atom. The minimum atomic E-state index is -1.27. The van der Waals surface area contributed by atoms with Gasteiger partial charge in [0.15, 0.2) is 17.3 Å². The Kier molecular flexibility index (Phi) is 5.59. The number of carbonyl (C=O) groups is 1. The van der Waals surface area contributed by atoms with Gasteiger partial charge in [-0.25, -0.2) is 0 Å². The number of aromatic carboxylic acids is 1. The van der Waals surface area contributed by atoms with Crippen LogP contribution in [0.3, 0.4) is 0 Å². The van der Waals surface area contributed by atoms with Gasteiger partial charge in [-0.3, -0.25) is 0 Å². The van der Waals surface area contributed by atoms with Crippen molar-refractivity contribution in [3.05, 3.63) is 29.8 Å². The van der Waals surface area contributed by atoms with Gasteiger partial charge in [0.25, 0.3) is 0 Å². The molecule has 1 aromatic carbocycles. The molecule has 10 heteroatoms. The van der Waals surface area contributed by atoms with Crippen LogP contribution in [0.15, 0.2) is 34.5 Å². The van der Waals surface area contributed by atoms with E-state index in [9.17, 15) is 9.90 Å². The van der Waals surface area contributed by atoms with E-state index in [0.717, 1.165) is 0 Å². The first-order valence-corrected chi connectivity index (χ1v) is 5.39. The summed E-state index contributed by atoms with van der Waals surface area (Å²) in [6, 6.07) is 5.60. The van der Waals surface area contributed by atoms with Gasteiger partial charge in [0.2, 0.25) is 5.95 Å². The molecule has 0 radical (unpaired) electrons. The first kappa shape index (κ1) is 16.8. The van der Waals surface area contributed by atoms with Crippen molar-refractivity contribution in [1.82, 2.24) is 9.97 Å². The number of hydrogen-bond acceptors (Lipinski definition) is 9. The van der Waals surface area contributed by atoms with Crippen molar-refractivity contribution in [3.63, 3.8) is 0 Å². The molecule has 0 amide bonds. The monoisotopic (exact) mass is 295 g/mol. The third-order valence-electron chi connectivity index (χ3n) is 2.32. The third kappa shape index (κ3) is 4.12. The molecule has 2 rings (SSSR count). The number of carboxylic acid groups (broad SMARTS) is 1. The Balaban J connectivity index is 0.00000220.